The second-order valence-corrected chi connectivity index (χ2v) is 7.59. The summed E-state index contributed by atoms with van der Waals surface area (Å²) in [5.41, 5.74) is 3.51. The number of likely N-dealkylation sites (tertiary alicyclic amines) is 1. The Bertz CT molecular complexity index is 1180. The highest BCUT2D eigenvalue weighted by molar-refractivity contribution is 5.89. The Morgan fingerprint density at radius 2 is 1.87 bits per heavy atom. The standard InChI is InChI=1S/C23H23N7O/c31-23(27-18-5-2-1-3-6-18)29-14-4-7-19(16-29)26-21-8-9-22-25-15-20(30(22)28-21)17-10-12-24-13-11-17/h1-3,5-6,8-13,15,19H,4,7,14,16H2,(H,26,28)(H,27,31). The maximum absolute atomic E-state index is 12.7. The number of para-hydroxylation sites is 1. The molecule has 0 aliphatic carbocycles. The number of hydrogen-bond acceptors (Lipinski definition) is 5. The molecule has 3 aromatic heterocycles. The van der Waals surface area contributed by atoms with Crippen molar-refractivity contribution < 1.29 is 4.79 Å². The summed E-state index contributed by atoms with van der Waals surface area (Å²) in [6, 6.07) is 17.4. The van der Waals surface area contributed by atoms with E-state index in [0.29, 0.717) is 6.54 Å². The van der Waals surface area contributed by atoms with E-state index < -0.39 is 0 Å². The van der Waals surface area contributed by atoms with E-state index in [1.807, 2.05) is 70.2 Å². The number of nitrogens with one attached hydrogen (secondary N) is 2. The summed E-state index contributed by atoms with van der Waals surface area (Å²) in [4.78, 5) is 23.0. The van der Waals surface area contributed by atoms with Gasteiger partial charge in [-0.05, 0) is 49.2 Å². The first-order chi connectivity index (χ1) is 15.3. The highest BCUT2D eigenvalue weighted by atomic mass is 16.2. The van der Waals surface area contributed by atoms with Gasteiger partial charge in [0.1, 0.15) is 5.82 Å². The van der Waals surface area contributed by atoms with Crippen LogP contribution >= 0.6 is 0 Å². The van der Waals surface area contributed by atoms with Crippen molar-refractivity contribution in [1.29, 1.82) is 0 Å². The normalized spacial score (nSPS) is 16.3. The van der Waals surface area contributed by atoms with Gasteiger partial charge in [-0.15, -0.1) is 5.10 Å². The molecule has 1 unspecified atom stereocenters. The number of amides is 2. The number of aromatic nitrogens is 4. The van der Waals surface area contributed by atoms with Gasteiger partial charge >= 0.3 is 6.03 Å². The van der Waals surface area contributed by atoms with Gasteiger partial charge in [-0.1, -0.05) is 18.2 Å². The SMILES string of the molecule is O=C(Nc1ccccc1)N1CCCC(Nc2ccc3ncc(-c4ccncc4)n3n2)C1. The minimum absolute atomic E-state index is 0.0734. The molecule has 4 heterocycles. The van der Waals surface area contributed by atoms with Gasteiger partial charge in [0, 0.05) is 42.8 Å². The van der Waals surface area contributed by atoms with Gasteiger partial charge in [-0.2, -0.15) is 0 Å². The molecular formula is C23H23N7O. The average molecular weight is 413 g/mol. The minimum atomic E-state index is -0.0734. The zero-order chi connectivity index (χ0) is 21.0. The third-order valence-corrected chi connectivity index (χ3v) is 5.42. The summed E-state index contributed by atoms with van der Waals surface area (Å²) in [5, 5.41) is 11.2. The fraction of sp³-hybridized carbons (Fsp3) is 0.217. The lowest BCUT2D eigenvalue weighted by atomic mass is 10.1. The van der Waals surface area contributed by atoms with Crippen molar-refractivity contribution in [2.75, 3.05) is 23.7 Å². The fourth-order valence-corrected chi connectivity index (χ4v) is 3.88. The van der Waals surface area contributed by atoms with E-state index in [-0.39, 0.29) is 12.1 Å². The molecule has 1 fully saturated rings. The van der Waals surface area contributed by atoms with Crippen molar-refractivity contribution in [3.05, 3.63) is 73.2 Å². The van der Waals surface area contributed by atoms with Crippen molar-refractivity contribution in [2.45, 2.75) is 18.9 Å². The third kappa shape index (κ3) is 4.18. The Kier molecular flexibility index (Phi) is 5.18. The van der Waals surface area contributed by atoms with E-state index in [1.165, 1.54) is 0 Å². The van der Waals surface area contributed by atoms with E-state index >= 15 is 0 Å². The number of rotatable bonds is 4. The third-order valence-electron chi connectivity index (χ3n) is 5.42. The van der Waals surface area contributed by atoms with E-state index in [2.05, 4.69) is 20.6 Å². The molecule has 2 N–H and O–H groups in total. The number of urea groups is 1. The Morgan fingerprint density at radius 3 is 2.71 bits per heavy atom. The molecule has 0 bridgehead atoms. The number of benzene rings is 1. The average Bonchev–Trinajstić information content (AvgIpc) is 3.24. The topological polar surface area (TPSA) is 87.5 Å². The van der Waals surface area contributed by atoms with Crippen molar-refractivity contribution in [3.63, 3.8) is 0 Å². The molecule has 1 aliphatic rings. The minimum Gasteiger partial charge on any atom is -0.364 e. The molecule has 8 heteroatoms. The highest BCUT2D eigenvalue weighted by Crippen LogP contribution is 2.21. The molecule has 0 saturated carbocycles. The van der Waals surface area contributed by atoms with Crippen LogP contribution in [-0.2, 0) is 0 Å². The van der Waals surface area contributed by atoms with Gasteiger partial charge in [0.2, 0.25) is 0 Å². The van der Waals surface area contributed by atoms with Gasteiger partial charge in [0.05, 0.1) is 11.9 Å². The van der Waals surface area contributed by atoms with Gasteiger partial charge in [0.25, 0.3) is 0 Å². The number of carbonyl (C=O) groups is 1. The largest absolute Gasteiger partial charge is 0.364 e. The maximum atomic E-state index is 12.7. The Hall–Kier alpha value is -3.94. The molecular weight excluding hydrogens is 390 g/mol. The first kappa shape index (κ1) is 19.0. The van der Waals surface area contributed by atoms with Crippen LogP contribution in [0.25, 0.3) is 16.9 Å². The van der Waals surface area contributed by atoms with Crippen LogP contribution in [0.5, 0.6) is 0 Å². The van der Waals surface area contributed by atoms with Crippen LogP contribution < -0.4 is 10.6 Å². The smallest absolute Gasteiger partial charge is 0.321 e. The van der Waals surface area contributed by atoms with Crippen LogP contribution in [-0.4, -0.2) is 49.6 Å². The number of nitrogens with zero attached hydrogens (tertiary/aromatic N) is 5. The number of piperidine rings is 1. The number of carbonyl (C=O) groups excluding carboxylic acids is 1. The van der Waals surface area contributed by atoms with Crippen molar-refractivity contribution in [2.24, 2.45) is 0 Å². The van der Waals surface area contributed by atoms with Crippen molar-refractivity contribution >= 4 is 23.2 Å². The van der Waals surface area contributed by atoms with Crippen LogP contribution in [0.1, 0.15) is 12.8 Å². The molecule has 1 saturated heterocycles. The van der Waals surface area contributed by atoms with Crippen molar-refractivity contribution in [1.82, 2.24) is 24.5 Å². The van der Waals surface area contributed by atoms with E-state index in [0.717, 1.165) is 47.8 Å². The molecule has 1 aromatic carbocycles. The monoisotopic (exact) mass is 413 g/mol. The quantitative estimate of drug-likeness (QED) is 0.530. The summed E-state index contributed by atoms with van der Waals surface area (Å²) in [6.07, 6.45) is 7.25. The van der Waals surface area contributed by atoms with E-state index in [4.69, 9.17) is 5.10 Å². The Balaban J connectivity index is 1.29. The molecule has 0 radical (unpaired) electrons. The van der Waals surface area contributed by atoms with Crippen LogP contribution in [0.3, 0.4) is 0 Å². The summed E-state index contributed by atoms with van der Waals surface area (Å²) in [7, 11) is 0. The molecule has 1 atom stereocenters. The van der Waals surface area contributed by atoms with Crippen LogP contribution in [0.4, 0.5) is 16.3 Å². The Labute approximate surface area is 179 Å². The summed E-state index contributed by atoms with van der Waals surface area (Å²) < 4.78 is 1.83. The van der Waals surface area contributed by atoms with Gasteiger partial charge < -0.3 is 15.5 Å². The summed E-state index contributed by atoms with van der Waals surface area (Å²) >= 11 is 0. The molecule has 4 aromatic rings. The lowest BCUT2D eigenvalue weighted by Crippen LogP contribution is -2.46. The maximum Gasteiger partial charge on any atom is 0.321 e. The number of hydrogen-bond donors (Lipinski definition) is 2. The van der Waals surface area contributed by atoms with Crippen LogP contribution in [0.15, 0.2) is 73.2 Å². The summed E-state index contributed by atoms with van der Waals surface area (Å²) in [6.45, 7) is 1.37. The van der Waals surface area contributed by atoms with Crippen LogP contribution in [0, 0.1) is 0 Å². The van der Waals surface area contributed by atoms with Gasteiger partial charge in [-0.25, -0.2) is 14.3 Å². The zero-order valence-corrected chi connectivity index (χ0v) is 17.0. The van der Waals surface area contributed by atoms with Gasteiger partial charge in [0.15, 0.2) is 5.65 Å². The van der Waals surface area contributed by atoms with E-state index in [1.54, 1.807) is 12.4 Å². The number of pyridine rings is 1. The fourth-order valence-electron chi connectivity index (χ4n) is 3.88. The molecule has 0 spiro atoms. The number of imidazole rings is 1. The number of anilines is 2. The molecule has 8 nitrogen and oxygen atoms in total. The zero-order valence-electron chi connectivity index (χ0n) is 17.0. The first-order valence-electron chi connectivity index (χ1n) is 10.4. The van der Waals surface area contributed by atoms with E-state index in [9.17, 15) is 4.79 Å². The number of fused-ring (bicyclic) bond motifs is 1. The van der Waals surface area contributed by atoms with Gasteiger partial charge in [-0.3, -0.25) is 4.98 Å². The molecule has 156 valence electrons. The lowest BCUT2D eigenvalue weighted by Gasteiger charge is -2.33. The molecule has 2 amide bonds. The molecule has 31 heavy (non-hydrogen) atoms. The second kappa shape index (κ2) is 8.43. The molecule has 1 aliphatic heterocycles. The summed E-state index contributed by atoms with van der Waals surface area (Å²) in [5.74, 6) is 0.760. The first-order valence-corrected chi connectivity index (χ1v) is 10.4. The molecule has 5 rings (SSSR count). The Morgan fingerprint density at radius 1 is 1.03 bits per heavy atom. The van der Waals surface area contributed by atoms with Crippen LogP contribution in [0.2, 0.25) is 0 Å². The van der Waals surface area contributed by atoms with Crippen molar-refractivity contribution in [3.8, 4) is 11.3 Å². The predicted molar refractivity (Wildman–Crippen MR) is 120 cm³/mol. The predicted octanol–water partition coefficient (Wildman–Crippen LogP) is 3.90. The second-order valence-electron chi connectivity index (χ2n) is 7.59. The lowest BCUT2D eigenvalue weighted by molar-refractivity contribution is 0.196. The highest BCUT2D eigenvalue weighted by Gasteiger charge is 2.24.